The van der Waals surface area contributed by atoms with Crippen molar-refractivity contribution in [2.24, 2.45) is 0 Å². The minimum atomic E-state index is -0.936. The van der Waals surface area contributed by atoms with E-state index in [9.17, 15) is 9.59 Å². The van der Waals surface area contributed by atoms with Gasteiger partial charge in [-0.05, 0) is 24.3 Å². The van der Waals surface area contributed by atoms with Crippen LogP contribution in [0.15, 0.2) is 42.5 Å². The number of carboxylic acids is 1. The molecule has 0 aromatic heterocycles. The highest BCUT2D eigenvalue weighted by Crippen LogP contribution is 2.44. The van der Waals surface area contributed by atoms with E-state index in [1.165, 1.54) is 7.11 Å². The number of rotatable bonds is 5. The summed E-state index contributed by atoms with van der Waals surface area (Å²) in [6, 6.07) is 12.4. The van der Waals surface area contributed by atoms with Crippen molar-refractivity contribution >= 4 is 17.6 Å². The van der Waals surface area contributed by atoms with Crippen molar-refractivity contribution in [3.05, 3.63) is 53.6 Å². The minimum absolute atomic E-state index is 0.105. The van der Waals surface area contributed by atoms with Crippen molar-refractivity contribution in [3.8, 4) is 11.5 Å². The number of hydrogen-bond acceptors (Lipinski definition) is 4. The number of hydrogen-bond donors (Lipinski definition) is 2. The molecule has 0 saturated carbocycles. The summed E-state index contributed by atoms with van der Waals surface area (Å²) in [7, 11) is 1.51. The molecule has 0 spiro atoms. The van der Waals surface area contributed by atoms with E-state index in [1.54, 1.807) is 24.3 Å². The summed E-state index contributed by atoms with van der Waals surface area (Å²) in [5.74, 6) is -0.683. The molecule has 0 saturated heterocycles. The Hall–Kier alpha value is -3.02. The Balaban J connectivity index is 1.97. The topological polar surface area (TPSA) is 84.9 Å². The first-order valence-electron chi connectivity index (χ1n) is 7.52. The fourth-order valence-electron chi connectivity index (χ4n) is 2.85. The smallest absolute Gasteiger partial charge is 0.304 e. The third-order valence-corrected chi connectivity index (χ3v) is 3.91. The number of para-hydroxylation sites is 1. The fourth-order valence-corrected chi connectivity index (χ4v) is 2.85. The standard InChI is InChI=1S/C18H17NO5/c1-23-14-8-7-13(18(22)19-12-5-3-2-4-6-12)16-11(9-15(20)21)10-24-17(14)16/h2-8,11H,9-10H2,1H3,(H,19,22)(H,20,21). The van der Waals surface area contributed by atoms with Gasteiger partial charge in [0.1, 0.15) is 0 Å². The number of ether oxygens (including phenoxy) is 2. The number of benzene rings is 2. The number of aliphatic carboxylic acids is 1. The number of nitrogens with one attached hydrogen (secondary N) is 1. The normalized spacial score (nSPS) is 15.3. The molecule has 6 heteroatoms. The lowest BCUT2D eigenvalue weighted by Gasteiger charge is -2.14. The van der Waals surface area contributed by atoms with Crippen LogP contribution in [0.1, 0.15) is 28.3 Å². The van der Waals surface area contributed by atoms with E-state index in [0.717, 1.165) is 0 Å². The second kappa shape index (κ2) is 6.62. The van der Waals surface area contributed by atoms with E-state index >= 15 is 0 Å². The van der Waals surface area contributed by atoms with Crippen LogP contribution < -0.4 is 14.8 Å². The summed E-state index contributed by atoms with van der Waals surface area (Å²) in [4.78, 5) is 23.8. The Kier molecular flexibility index (Phi) is 4.37. The quantitative estimate of drug-likeness (QED) is 0.882. The number of methoxy groups -OCH3 is 1. The number of amides is 1. The zero-order valence-electron chi connectivity index (χ0n) is 13.1. The zero-order chi connectivity index (χ0) is 17.1. The first kappa shape index (κ1) is 15.9. The van der Waals surface area contributed by atoms with Crippen molar-refractivity contribution in [3.63, 3.8) is 0 Å². The Morgan fingerprint density at radius 2 is 2.00 bits per heavy atom. The number of fused-ring (bicyclic) bond motifs is 1. The molecule has 2 aromatic carbocycles. The van der Waals surface area contributed by atoms with Crippen LogP contribution in [0.3, 0.4) is 0 Å². The van der Waals surface area contributed by atoms with Crippen LogP contribution in [0, 0.1) is 0 Å². The molecule has 2 aromatic rings. The maximum atomic E-state index is 12.6. The van der Waals surface area contributed by atoms with E-state index in [2.05, 4.69) is 5.32 Å². The molecule has 1 aliphatic heterocycles. The highest BCUT2D eigenvalue weighted by Gasteiger charge is 2.33. The van der Waals surface area contributed by atoms with E-state index in [-0.39, 0.29) is 24.9 Å². The summed E-state index contributed by atoms with van der Waals surface area (Å²) in [5.41, 5.74) is 1.66. The lowest BCUT2D eigenvalue weighted by atomic mass is 9.92. The molecule has 6 nitrogen and oxygen atoms in total. The summed E-state index contributed by atoms with van der Waals surface area (Å²) < 4.78 is 10.9. The molecule has 0 radical (unpaired) electrons. The first-order valence-corrected chi connectivity index (χ1v) is 7.52. The first-order chi connectivity index (χ1) is 11.6. The van der Waals surface area contributed by atoms with Gasteiger partial charge in [0.2, 0.25) is 0 Å². The summed E-state index contributed by atoms with van der Waals surface area (Å²) in [5, 5.41) is 11.9. The number of carbonyl (C=O) groups excluding carboxylic acids is 1. The van der Waals surface area contributed by atoms with Gasteiger partial charge in [0.15, 0.2) is 11.5 Å². The molecular formula is C18H17NO5. The van der Waals surface area contributed by atoms with Gasteiger partial charge in [-0.25, -0.2) is 0 Å². The Morgan fingerprint density at radius 3 is 2.67 bits per heavy atom. The molecule has 1 amide bonds. The van der Waals surface area contributed by atoms with Crippen molar-refractivity contribution in [2.75, 3.05) is 19.0 Å². The molecule has 24 heavy (non-hydrogen) atoms. The van der Waals surface area contributed by atoms with Crippen molar-refractivity contribution in [1.29, 1.82) is 0 Å². The Labute approximate surface area is 139 Å². The van der Waals surface area contributed by atoms with Gasteiger partial charge in [-0.2, -0.15) is 0 Å². The summed E-state index contributed by atoms with van der Waals surface area (Å²) >= 11 is 0. The lowest BCUT2D eigenvalue weighted by molar-refractivity contribution is -0.137. The van der Waals surface area contributed by atoms with Gasteiger partial charge in [-0.3, -0.25) is 9.59 Å². The van der Waals surface area contributed by atoms with Gasteiger partial charge in [-0.15, -0.1) is 0 Å². The van der Waals surface area contributed by atoms with Gasteiger partial charge in [0, 0.05) is 22.7 Å². The largest absolute Gasteiger partial charge is 0.493 e. The molecule has 0 fully saturated rings. The number of carbonyl (C=O) groups is 2. The van der Waals surface area contributed by atoms with Crippen LogP contribution in [-0.2, 0) is 4.79 Å². The van der Waals surface area contributed by atoms with Gasteiger partial charge >= 0.3 is 5.97 Å². The van der Waals surface area contributed by atoms with Crippen LogP contribution in [0.5, 0.6) is 11.5 Å². The average molecular weight is 327 g/mol. The van der Waals surface area contributed by atoms with E-state index < -0.39 is 5.97 Å². The van der Waals surface area contributed by atoms with Crippen molar-refractivity contribution in [2.45, 2.75) is 12.3 Å². The van der Waals surface area contributed by atoms with Gasteiger partial charge in [0.25, 0.3) is 5.91 Å². The van der Waals surface area contributed by atoms with E-state index in [1.807, 2.05) is 18.2 Å². The minimum Gasteiger partial charge on any atom is -0.493 e. The second-order valence-electron chi connectivity index (χ2n) is 5.48. The number of carboxylic acid groups (broad SMARTS) is 1. The summed E-state index contributed by atoms with van der Waals surface area (Å²) in [6.07, 6.45) is -0.105. The Bertz CT molecular complexity index is 772. The van der Waals surface area contributed by atoms with E-state index in [0.29, 0.717) is 28.3 Å². The highest BCUT2D eigenvalue weighted by atomic mass is 16.5. The van der Waals surface area contributed by atoms with E-state index in [4.69, 9.17) is 14.6 Å². The highest BCUT2D eigenvalue weighted by molar-refractivity contribution is 6.06. The molecule has 0 aliphatic carbocycles. The van der Waals surface area contributed by atoms with Crippen LogP contribution in [0.2, 0.25) is 0 Å². The molecule has 1 atom stereocenters. The van der Waals surface area contributed by atoms with Crippen molar-refractivity contribution < 1.29 is 24.2 Å². The zero-order valence-corrected chi connectivity index (χ0v) is 13.1. The van der Waals surface area contributed by atoms with Crippen molar-refractivity contribution in [1.82, 2.24) is 0 Å². The van der Waals surface area contributed by atoms with Gasteiger partial charge in [-0.1, -0.05) is 18.2 Å². The molecule has 0 bridgehead atoms. The van der Waals surface area contributed by atoms with Crippen LogP contribution in [0.25, 0.3) is 0 Å². The van der Waals surface area contributed by atoms with Crippen LogP contribution in [-0.4, -0.2) is 30.7 Å². The molecular weight excluding hydrogens is 310 g/mol. The van der Waals surface area contributed by atoms with Gasteiger partial charge in [0.05, 0.1) is 20.1 Å². The molecule has 2 N–H and O–H groups in total. The molecule has 124 valence electrons. The predicted octanol–water partition coefficient (Wildman–Crippen LogP) is 2.90. The molecule has 3 rings (SSSR count). The molecule has 1 aliphatic rings. The molecule has 1 unspecified atom stereocenters. The summed E-state index contributed by atoms with van der Waals surface area (Å²) in [6.45, 7) is 0.216. The second-order valence-corrected chi connectivity index (χ2v) is 5.48. The number of anilines is 1. The fraction of sp³-hybridized carbons (Fsp3) is 0.222. The maximum Gasteiger partial charge on any atom is 0.304 e. The lowest BCUT2D eigenvalue weighted by Crippen LogP contribution is -2.16. The maximum absolute atomic E-state index is 12.6. The average Bonchev–Trinajstić information content (AvgIpc) is 2.98. The van der Waals surface area contributed by atoms with Crippen LogP contribution in [0.4, 0.5) is 5.69 Å². The van der Waals surface area contributed by atoms with Crippen LogP contribution >= 0.6 is 0 Å². The SMILES string of the molecule is COc1ccc(C(=O)Nc2ccccc2)c2c1OCC2CC(=O)O. The third kappa shape index (κ3) is 3.03. The van der Waals surface area contributed by atoms with Gasteiger partial charge < -0.3 is 19.9 Å². The molecule has 1 heterocycles. The Morgan fingerprint density at radius 1 is 1.25 bits per heavy atom. The third-order valence-electron chi connectivity index (χ3n) is 3.91. The monoisotopic (exact) mass is 327 g/mol. The predicted molar refractivity (Wildman–Crippen MR) is 87.9 cm³/mol.